The van der Waals surface area contributed by atoms with Crippen molar-refractivity contribution in [2.24, 2.45) is 0 Å². The van der Waals surface area contributed by atoms with Gasteiger partial charge in [-0.25, -0.2) is 9.78 Å². The number of carboxylic acid groups (broad SMARTS) is 1. The maximum Gasteiger partial charge on any atom is 0.329 e. The molecule has 2 rings (SSSR count). The molecule has 20 heavy (non-hydrogen) atoms. The predicted molar refractivity (Wildman–Crippen MR) is 78.1 cm³/mol. The maximum atomic E-state index is 11.7. The standard InChI is InChI=1S/C14H22N4O2/c1-18(2)13-15-10-7-11(16-13)17-14(12(19)20)8-5-3-4-6-9-14/h7,10H,3-6,8-9H2,1-2H3,(H,19,20)(H,15,16,17). The number of carbonyl (C=O) groups is 1. The predicted octanol–water partition coefficient (Wildman–Crippen LogP) is 2.13. The van der Waals surface area contributed by atoms with Crippen molar-refractivity contribution >= 4 is 17.7 Å². The van der Waals surface area contributed by atoms with Crippen molar-refractivity contribution in [2.45, 2.75) is 44.1 Å². The molecule has 1 aromatic heterocycles. The Labute approximate surface area is 119 Å². The third kappa shape index (κ3) is 3.18. The van der Waals surface area contributed by atoms with Gasteiger partial charge in [-0.15, -0.1) is 0 Å². The number of anilines is 2. The summed E-state index contributed by atoms with van der Waals surface area (Å²) in [5, 5.41) is 12.8. The van der Waals surface area contributed by atoms with Crippen LogP contribution in [-0.4, -0.2) is 40.7 Å². The molecule has 0 bridgehead atoms. The molecular formula is C14H22N4O2. The summed E-state index contributed by atoms with van der Waals surface area (Å²) in [4.78, 5) is 22.0. The van der Waals surface area contributed by atoms with E-state index in [-0.39, 0.29) is 0 Å². The maximum absolute atomic E-state index is 11.7. The third-order valence-corrected chi connectivity index (χ3v) is 3.78. The van der Waals surface area contributed by atoms with Crippen LogP contribution in [0.1, 0.15) is 38.5 Å². The van der Waals surface area contributed by atoms with Gasteiger partial charge in [-0.2, -0.15) is 4.98 Å². The van der Waals surface area contributed by atoms with Crippen LogP contribution in [0.4, 0.5) is 11.8 Å². The van der Waals surface area contributed by atoms with Crippen LogP contribution in [0.2, 0.25) is 0 Å². The smallest absolute Gasteiger partial charge is 0.329 e. The molecular weight excluding hydrogens is 256 g/mol. The molecule has 1 aromatic rings. The number of nitrogens with one attached hydrogen (secondary N) is 1. The van der Waals surface area contributed by atoms with Crippen LogP contribution in [0.3, 0.4) is 0 Å². The molecule has 0 aliphatic heterocycles. The fraction of sp³-hybridized carbons (Fsp3) is 0.643. The number of hydrogen-bond donors (Lipinski definition) is 2. The minimum Gasteiger partial charge on any atom is -0.480 e. The minimum absolute atomic E-state index is 0.573. The van der Waals surface area contributed by atoms with Crippen molar-refractivity contribution < 1.29 is 9.90 Å². The van der Waals surface area contributed by atoms with Crippen molar-refractivity contribution in [3.05, 3.63) is 12.3 Å². The summed E-state index contributed by atoms with van der Waals surface area (Å²) >= 11 is 0. The third-order valence-electron chi connectivity index (χ3n) is 3.78. The van der Waals surface area contributed by atoms with E-state index in [1.54, 1.807) is 17.2 Å². The molecule has 6 nitrogen and oxygen atoms in total. The molecule has 2 N–H and O–H groups in total. The van der Waals surface area contributed by atoms with Crippen molar-refractivity contribution in [2.75, 3.05) is 24.3 Å². The van der Waals surface area contributed by atoms with Crippen LogP contribution in [0.15, 0.2) is 12.3 Å². The summed E-state index contributed by atoms with van der Waals surface area (Å²) in [6, 6.07) is 1.72. The molecule has 0 atom stereocenters. The molecule has 1 fully saturated rings. The monoisotopic (exact) mass is 278 g/mol. The van der Waals surface area contributed by atoms with Gasteiger partial charge in [0, 0.05) is 20.3 Å². The average molecular weight is 278 g/mol. The number of carboxylic acids is 1. The molecule has 0 amide bonds. The number of aromatic nitrogens is 2. The minimum atomic E-state index is -0.894. The van der Waals surface area contributed by atoms with E-state index in [4.69, 9.17) is 0 Å². The van der Waals surface area contributed by atoms with Crippen molar-refractivity contribution in [3.8, 4) is 0 Å². The Kier molecular flexibility index (Phi) is 4.42. The molecule has 0 unspecified atom stereocenters. The van der Waals surface area contributed by atoms with Crippen LogP contribution in [0, 0.1) is 0 Å². The quantitative estimate of drug-likeness (QED) is 0.821. The van der Waals surface area contributed by atoms with Gasteiger partial charge in [-0.05, 0) is 18.9 Å². The van der Waals surface area contributed by atoms with Gasteiger partial charge in [0.25, 0.3) is 0 Å². The van der Waals surface area contributed by atoms with E-state index in [0.717, 1.165) is 25.7 Å². The Bertz CT molecular complexity index is 468. The van der Waals surface area contributed by atoms with Crippen LogP contribution in [-0.2, 0) is 4.79 Å². The molecule has 110 valence electrons. The number of rotatable bonds is 4. The Morgan fingerprint density at radius 2 is 1.95 bits per heavy atom. The van der Waals surface area contributed by atoms with Gasteiger partial charge in [0.2, 0.25) is 5.95 Å². The van der Waals surface area contributed by atoms with Crippen LogP contribution in [0.5, 0.6) is 0 Å². The highest BCUT2D eigenvalue weighted by atomic mass is 16.4. The molecule has 1 aliphatic rings. The highest BCUT2D eigenvalue weighted by Crippen LogP contribution is 2.30. The van der Waals surface area contributed by atoms with Crippen molar-refractivity contribution in [1.82, 2.24) is 9.97 Å². The highest BCUT2D eigenvalue weighted by Gasteiger charge is 2.38. The molecule has 1 saturated carbocycles. The second-order valence-corrected chi connectivity index (χ2v) is 5.56. The van der Waals surface area contributed by atoms with Crippen molar-refractivity contribution in [3.63, 3.8) is 0 Å². The first-order valence-corrected chi connectivity index (χ1v) is 7.05. The highest BCUT2D eigenvalue weighted by molar-refractivity contribution is 5.82. The van der Waals surface area contributed by atoms with E-state index in [2.05, 4.69) is 15.3 Å². The molecule has 1 aliphatic carbocycles. The van der Waals surface area contributed by atoms with Gasteiger partial charge in [0.05, 0.1) is 0 Å². The first-order valence-electron chi connectivity index (χ1n) is 7.05. The van der Waals surface area contributed by atoms with E-state index in [1.807, 2.05) is 14.1 Å². The molecule has 0 aromatic carbocycles. The molecule has 0 saturated heterocycles. The van der Waals surface area contributed by atoms with Crippen LogP contribution in [0.25, 0.3) is 0 Å². The number of nitrogens with zero attached hydrogens (tertiary/aromatic N) is 3. The second-order valence-electron chi connectivity index (χ2n) is 5.56. The van der Waals surface area contributed by atoms with E-state index in [1.165, 1.54) is 0 Å². The normalized spacial score (nSPS) is 18.1. The zero-order chi connectivity index (χ0) is 14.6. The van der Waals surface area contributed by atoms with Gasteiger partial charge in [0.15, 0.2) is 0 Å². The second kappa shape index (κ2) is 6.07. The first-order chi connectivity index (χ1) is 9.53. The molecule has 0 spiro atoms. The lowest BCUT2D eigenvalue weighted by atomic mass is 9.90. The fourth-order valence-electron chi connectivity index (χ4n) is 2.60. The Morgan fingerprint density at radius 1 is 1.30 bits per heavy atom. The summed E-state index contributed by atoms with van der Waals surface area (Å²) < 4.78 is 0. The number of hydrogen-bond acceptors (Lipinski definition) is 5. The van der Waals surface area contributed by atoms with Gasteiger partial charge in [-0.3, -0.25) is 0 Å². The van der Waals surface area contributed by atoms with Gasteiger partial charge in [0.1, 0.15) is 11.4 Å². The van der Waals surface area contributed by atoms with E-state index < -0.39 is 11.5 Å². The summed E-state index contributed by atoms with van der Waals surface area (Å²) in [5.74, 6) is 0.363. The van der Waals surface area contributed by atoms with Gasteiger partial charge in [-0.1, -0.05) is 25.7 Å². The molecule has 0 radical (unpaired) electrons. The van der Waals surface area contributed by atoms with Crippen LogP contribution < -0.4 is 10.2 Å². The average Bonchev–Trinajstić information content (AvgIpc) is 2.65. The van der Waals surface area contributed by atoms with Crippen LogP contribution >= 0.6 is 0 Å². The van der Waals surface area contributed by atoms with Gasteiger partial charge < -0.3 is 15.3 Å². The Morgan fingerprint density at radius 3 is 2.50 bits per heavy atom. The lowest BCUT2D eigenvalue weighted by Gasteiger charge is -2.30. The summed E-state index contributed by atoms with van der Waals surface area (Å²) in [6.07, 6.45) is 7.01. The zero-order valence-electron chi connectivity index (χ0n) is 12.1. The molecule has 1 heterocycles. The Hall–Kier alpha value is -1.85. The van der Waals surface area contributed by atoms with Crippen molar-refractivity contribution in [1.29, 1.82) is 0 Å². The van der Waals surface area contributed by atoms with E-state index in [0.29, 0.717) is 24.6 Å². The topological polar surface area (TPSA) is 78.4 Å². The fourth-order valence-corrected chi connectivity index (χ4v) is 2.60. The Balaban J connectivity index is 2.23. The summed E-state index contributed by atoms with van der Waals surface area (Å²) in [7, 11) is 3.72. The summed E-state index contributed by atoms with van der Waals surface area (Å²) in [5.41, 5.74) is -0.894. The van der Waals surface area contributed by atoms with E-state index in [9.17, 15) is 9.90 Å². The molecule has 6 heteroatoms. The first kappa shape index (κ1) is 14.6. The lowest BCUT2D eigenvalue weighted by molar-refractivity contribution is -0.142. The largest absolute Gasteiger partial charge is 0.480 e. The summed E-state index contributed by atoms with van der Waals surface area (Å²) in [6.45, 7) is 0. The number of aliphatic carboxylic acids is 1. The lowest BCUT2D eigenvalue weighted by Crippen LogP contribution is -2.46. The zero-order valence-corrected chi connectivity index (χ0v) is 12.1. The SMILES string of the molecule is CN(C)c1nccc(NC2(C(=O)O)CCCCCC2)n1. The van der Waals surface area contributed by atoms with E-state index >= 15 is 0 Å². The van der Waals surface area contributed by atoms with Gasteiger partial charge >= 0.3 is 5.97 Å².